The van der Waals surface area contributed by atoms with E-state index in [1.54, 1.807) is 4.90 Å². The van der Waals surface area contributed by atoms with Crippen LogP contribution in [0.4, 0.5) is 30.9 Å². The number of anilines is 3. The van der Waals surface area contributed by atoms with Gasteiger partial charge in [0.1, 0.15) is 11.5 Å². The van der Waals surface area contributed by atoms with Gasteiger partial charge in [0.05, 0.1) is 0 Å². The number of aromatic nitrogens is 4. The maximum atomic E-state index is 12.8. The van der Waals surface area contributed by atoms with Crippen LogP contribution in [0.15, 0.2) is 18.3 Å². The lowest BCUT2D eigenvalue weighted by Gasteiger charge is -2.35. The summed E-state index contributed by atoms with van der Waals surface area (Å²) >= 11 is 0. The number of aryl methyl sites for hydroxylation is 1. The van der Waals surface area contributed by atoms with Crippen LogP contribution >= 0.6 is 0 Å². The molecule has 1 fully saturated rings. The molecule has 0 amide bonds. The van der Waals surface area contributed by atoms with Crippen LogP contribution in [0.3, 0.4) is 0 Å². The summed E-state index contributed by atoms with van der Waals surface area (Å²) < 4.78 is 38.3. The van der Waals surface area contributed by atoms with E-state index in [1.165, 1.54) is 0 Å². The van der Waals surface area contributed by atoms with Gasteiger partial charge in [-0.05, 0) is 13.0 Å². The molecule has 2 N–H and O–H groups in total. The smallest absolute Gasteiger partial charge is 0.368 e. The highest BCUT2D eigenvalue weighted by molar-refractivity contribution is 5.45. The van der Waals surface area contributed by atoms with E-state index >= 15 is 0 Å². The Labute approximate surface area is 136 Å². The van der Waals surface area contributed by atoms with Crippen molar-refractivity contribution in [1.82, 2.24) is 19.9 Å². The predicted octanol–water partition coefficient (Wildman–Crippen LogP) is 1.50. The lowest BCUT2D eigenvalue weighted by Crippen LogP contribution is -2.47. The summed E-state index contributed by atoms with van der Waals surface area (Å²) in [4.78, 5) is 19.5. The van der Waals surface area contributed by atoms with Crippen molar-refractivity contribution in [3.05, 3.63) is 29.7 Å². The van der Waals surface area contributed by atoms with Crippen LogP contribution in [-0.2, 0) is 6.18 Å². The SMILES string of the molecule is Cc1cc(N2CCN(c3nccc(C(F)(F)F)n3)CC2)nc(N)n1. The molecule has 2 aromatic rings. The van der Waals surface area contributed by atoms with E-state index in [4.69, 9.17) is 5.73 Å². The zero-order valence-electron chi connectivity index (χ0n) is 13.0. The fraction of sp³-hybridized carbons (Fsp3) is 0.429. The van der Waals surface area contributed by atoms with Crippen molar-refractivity contribution in [2.45, 2.75) is 13.1 Å². The molecule has 3 heterocycles. The Morgan fingerprint density at radius 1 is 1.04 bits per heavy atom. The van der Waals surface area contributed by atoms with Gasteiger partial charge in [0, 0.05) is 44.1 Å². The third-order valence-corrected chi connectivity index (χ3v) is 3.68. The molecule has 0 atom stereocenters. The number of halogens is 3. The molecule has 0 bridgehead atoms. The molecule has 0 aromatic carbocycles. The Morgan fingerprint density at radius 3 is 2.33 bits per heavy atom. The highest BCUT2D eigenvalue weighted by Crippen LogP contribution is 2.28. The average Bonchev–Trinajstić information content (AvgIpc) is 2.53. The van der Waals surface area contributed by atoms with Gasteiger partial charge in [-0.3, -0.25) is 0 Å². The Hall–Kier alpha value is -2.65. The minimum absolute atomic E-state index is 0.0860. The van der Waals surface area contributed by atoms with Crippen molar-refractivity contribution in [2.75, 3.05) is 41.7 Å². The number of alkyl halides is 3. The topological polar surface area (TPSA) is 84.1 Å². The highest BCUT2D eigenvalue weighted by atomic mass is 19.4. The molecule has 0 radical (unpaired) electrons. The molecule has 0 unspecified atom stereocenters. The van der Waals surface area contributed by atoms with Gasteiger partial charge >= 0.3 is 6.18 Å². The zero-order valence-corrected chi connectivity index (χ0v) is 13.0. The van der Waals surface area contributed by atoms with E-state index in [9.17, 15) is 13.2 Å². The van der Waals surface area contributed by atoms with Crippen LogP contribution in [0.1, 0.15) is 11.4 Å². The quantitative estimate of drug-likeness (QED) is 0.887. The van der Waals surface area contributed by atoms with Gasteiger partial charge in [-0.25, -0.2) is 15.0 Å². The Bertz CT molecular complexity index is 706. The van der Waals surface area contributed by atoms with Crippen LogP contribution in [0.2, 0.25) is 0 Å². The molecular weight excluding hydrogens is 323 g/mol. The largest absolute Gasteiger partial charge is 0.433 e. The molecule has 0 spiro atoms. The number of hydrogen-bond acceptors (Lipinski definition) is 7. The minimum Gasteiger partial charge on any atom is -0.368 e. The number of nitrogens with two attached hydrogens (primary N) is 1. The number of rotatable bonds is 2. The fourth-order valence-corrected chi connectivity index (χ4v) is 2.53. The van der Waals surface area contributed by atoms with Gasteiger partial charge in [-0.2, -0.15) is 18.2 Å². The first-order chi connectivity index (χ1) is 11.3. The lowest BCUT2D eigenvalue weighted by atomic mass is 10.3. The van der Waals surface area contributed by atoms with Crippen molar-refractivity contribution in [1.29, 1.82) is 0 Å². The second-order valence-electron chi connectivity index (χ2n) is 5.44. The van der Waals surface area contributed by atoms with Gasteiger partial charge in [-0.1, -0.05) is 0 Å². The van der Waals surface area contributed by atoms with Crippen LogP contribution in [0.5, 0.6) is 0 Å². The summed E-state index contributed by atoms with van der Waals surface area (Å²) in [5.41, 5.74) is 5.48. The molecule has 2 aromatic heterocycles. The minimum atomic E-state index is -4.48. The molecule has 1 saturated heterocycles. The molecule has 1 aliphatic heterocycles. The first-order valence-corrected chi connectivity index (χ1v) is 7.34. The molecule has 10 heteroatoms. The standard InChI is InChI=1S/C14H16F3N7/c1-9-8-11(22-12(18)20-9)23-4-6-24(7-5-23)13-19-3-2-10(21-13)14(15,16)17/h2-3,8H,4-7H2,1H3,(H2,18,20,22). The second kappa shape index (κ2) is 6.10. The lowest BCUT2D eigenvalue weighted by molar-refractivity contribution is -0.141. The second-order valence-corrected chi connectivity index (χ2v) is 5.44. The molecule has 128 valence electrons. The molecule has 3 rings (SSSR count). The molecule has 1 aliphatic rings. The third kappa shape index (κ3) is 3.47. The zero-order chi connectivity index (χ0) is 17.3. The highest BCUT2D eigenvalue weighted by Gasteiger charge is 2.33. The van der Waals surface area contributed by atoms with Gasteiger partial charge in [0.25, 0.3) is 0 Å². The maximum absolute atomic E-state index is 12.8. The van der Waals surface area contributed by atoms with Crippen molar-refractivity contribution < 1.29 is 13.2 Å². The number of piperazine rings is 1. The Morgan fingerprint density at radius 2 is 1.71 bits per heavy atom. The first-order valence-electron chi connectivity index (χ1n) is 7.34. The maximum Gasteiger partial charge on any atom is 0.433 e. The van der Waals surface area contributed by atoms with Crippen molar-refractivity contribution >= 4 is 17.7 Å². The van der Waals surface area contributed by atoms with Crippen LogP contribution in [0, 0.1) is 6.92 Å². The average molecular weight is 339 g/mol. The van der Waals surface area contributed by atoms with E-state index in [2.05, 4.69) is 19.9 Å². The first kappa shape index (κ1) is 16.2. The summed E-state index contributed by atoms with van der Waals surface area (Å²) in [6, 6.07) is 2.69. The van der Waals surface area contributed by atoms with Crippen LogP contribution < -0.4 is 15.5 Å². The molecule has 7 nitrogen and oxygen atoms in total. The summed E-state index contributed by atoms with van der Waals surface area (Å²) in [5, 5.41) is 0. The Balaban J connectivity index is 1.71. The molecule has 0 saturated carbocycles. The number of nitrogens with zero attached hydrogens (tertiary/aromatic N) is 6. The van der Waals surface area contributed by atoms with E-state index in [-0.39, 0.29) is 11.9 Å². The number of hydrogen-bond donors (Lipinski definition) is 1. The van der Waals surface area contributed by atoms with Gasteiger partial charge in [0.2, 0.25) is 11.9 Å². The van der Waals surface area contributed by atoms with E-state index in [0.29, 0.717) is 32.0 Å². The number of nitrogen functional groups attached to an aromatic ring is 1. The molecule has 24 heavy (non-hydrogen) atoms. The van der Waals surface area contributed by atoms with Crippen LogP contribution in [0.25, 0.3) is 0 Å². The van der Waals surface area contributed by atoms with Gasteiger partial charge < -0.3 is 15.5 Å². The summed E-state index contributed by atoms with van der Waals surface area (Å²) in [6.45, 7) is 3.97. The molecular formula is C14H16F3N7. The van der Waals surface area contributed by atoms with E-state index in [1.807, 2.05) is 17.9 Å². The van der Waals surface area contributed by atoms with E-state index in [0.717, 1.165) is 18.0 Å². The molecule has 0 aliphatic carbocycles. The summed E-state index contributed by atoms with van der Waals surface area (Å²) in [6.07, 6.45) is -3.35. The normalized spacial score (nSPS) is 15.7. The predicted molar refractivity (Wildman–Crippen MR) is 82.6 cm³/mol. The fourth-order valence-electron chi connectivity index (χ4n) is 2.53. The monoisotopic (exact) mass is 339 g/mol. The van der Waals surface area contributed by atoms with Gasteiger partial charge in [-0.15, -0.1) is 0 Å². The Kier molecular flexibility index (Phi) is 4.12. The van der Waals surface area contributed by atoms with E-state index < -0.39 is 11.9 Å². The third-order valence-electron chi connectivity index (χ3n) is 3.68. The van der Waals surface area contributed by atoms with Crippen molar-refractivity contribution in [3.8, 4) is 0 Å². The summed E-state index contributed by atoms with van der Waals surface area (Å²) in [5.74, 6) is 1.00. The van der Waals surface area contributed by atoms with Crippen LogP contribution in [-0.4, -0.2) is 46.1 Å². The van der Waals surface area contributed by atoms with Crippen molar-refractivity contribution in [2.24, 2.45) is 0 Å². The summed E-state index contributed by atoms with van der Waals surface area (Å²) in [7, 11) is 0. The van der Waals surface area contributed by atoms with Gasteiger partial charge in [0.15, 0.2) is 0 Å². The van der Waals surface area contributed by atoms with Crippen molar-refractivity contribution in [3.63, 3.8) is 0 Å².